The van der Waals surface area contributed by atoms with E-state index in [1.54, 1.807) is 0 Å². The van der Waals surface area contributed by atoms with Gasteiger partial charge in [-0.3, -0.25) is 47.9 Å². The van der Waals surface area contributed by atoms with E-state index in [1.807, 2.05) is 24.5 Å². The number of hydrogen-bond acceptors (Lipinski definition) is 10. The maximum absolute atomic E-state index is 12.1. The van der Waals surface area contributed by atoms with Crippen LogP contribution in [0.15, 0.2) is 0 Å². The molecule has 5 saturated heterocycles. The van der Waals surface area contributed by atoms with Crippen molar-refractivity contribution in [3.05, 3.63) is 0 Å². The summed E-state index contributed by atoms with van der Waals surface area (Å²) < 4.78 is 0. The number of rotatable bonds is 65. The summed E-state index contributed by atoms with van der Waals surface area (Å²) in [6.45, 7) is 32.8. The van der Waals surface area contributed by atoms with Gasteiger partial charge in [-0.1, -0.05) is 326 Å². The van der Waals surface area contributed by atoms with Crippen LogP contribution in [0.2, 0.25) is 0 Å². The molecule has 20 heteroatoms. The normalized spacial score (nSPS) is 17.7. The van der Waals surface area contributed by atoms with Crippen LogP contribution in [0.5, 0.6) is 0 Å². The molecule has 10 amide bonds. The Labute approximate surface area is 704 Å². The molecule has 5 rings (SSSR count). The lowest BCUT2D eigenvalue weighted by Crippen LogP contribution is -2.33. The summed E-state index contributed by atoms with van der Waals surface area (Å²) in [5.74, 6) is 0.459. The van der Waals surface area contributed by atoms with E-state index in [0.717, 1.165) is 194 Å². The molecule has 5 atom stereocenters. The minimum Gasteiger partial charge on any atom is -0.356 e. The highest BCUT2D eigenvalue weighted by atomic mass is 16.2. The number of nitrogens with zero attached hydrogens (tertiary/aromatic N) is 5. The first-order valence-corrected chi connectivity index (χ1v) is 48.7. The van der Waals surface area contributed by atoms with Gasteiger partial charge in [0.05, 0.1) is 29.6 Å². The molecule has 0 aromatic rings. The maximum Gasteiger partial charge on any atom is 0.225 e. The number of likely N-dealkylation sites (tertiary alicyclic amines) is 5. The number of nitrogens with one attached hydrogen (secondary N) is 5. The van der Waals surface area contributed by atoms with Crippen LogP contribution < -0.4 is 26.6 Å². The predicted molar refractivity (Wildman–Crippen MR) is 476 cm³/mol. The highest BCUT2D eigenvalue weighted by Crippen LogP contribution is 2.25. The Kier molecular flexibility index (Phi) is 70.2. The fourth-order valence-electron chi connectivity index (χ4n) is 15.8. The third-order valence-corrected chi connectivity index (χ3v) is 23.5. The summed E-state index contributed by atoms with van der Waals surface area (Å²) in [4.78, 5) is 130. The van der Waals surface area contributed by atoms with E-state index in [-0.39, 0.29) is 88.7 Å². The van der Waals surface area contributed by atoms with Gasteiger partial charge in [0, 0.05) is 130 Å². The van der Waals surface area contributed by atoms with Crippen molar-refractivity contribution < 1.29 is 47.9 Å². The molecule has 5 unspecified atom stereocenters. The molecule has 670 valence electrons. The van der Waals surface area contributed by atoms with Crippen LogP contribution in [-0.4, -0.2) is 182 Å². The SMILES string of the molecule is CCCCCCCCCCCN1CC(C(=O)NCCCCC)CC1=O.CCCCCCCCCCN1CC(C(=O)NCCCCC)CC1=O.CCCCCCCCCN1CC(C(=O)NCCCCC)CC1=O.CCCCCCCCN1CC(C(=O)NCCCCC)CC1=O.CCCCCCCN1CC(C(=O)NCCCCC)CC1=O. The van der Waals surface area contributed by atoms with Gasteiger partial charge in [0.15, 0.2) is 0 Å². The van der Waals surface area contributed by atoms with Gasteiger partial charge in [0.25, 0.3) is 0 Å². The van der Waals surface area contributed by atoms with Gasteiger partial charge in [-0.05, 0) is 64.2 Å². The summed E-state index contributed by atoms with van der Waals surface area (Å²) in [5.41, 5.74) is 0. The fourth-order valence-corrected chi connectivity index (χ4v) is 15.8. The molecular formula is C95H180N10O10. The fraction of sp³-hybridized carbons (Fsp3) is 0.895. The Morgan fingerprint density at radius 2 is 0.322 bits per heavy atom. The minimum absolute atomic E-state index is 0.0629. The average molecular weight is 1620 g/mol. The molecule has 5 N–H and O–H groups in total. The molecule has 20 nitrogen and oxygen atoms in total. The molecule has 0 radical (unpaired) electrons. The molecule has 0 aliphatic carbocycles. The Morgan fingerprint density at radius 3 is 0.461 bits per heavy atom. The maximum atomic E-state index is 12.1. The Morgan fingerprint density at radius 1 is 0.200 bits per heavy atom. The minimum atomic E-state index is -0.132. The van der Waals surface area contributed by atoms with Gasteiger partial charge < -0.3 is 51.1 Å². The highest BCUT2D eigenvalue weighted by Gasteiger charge is 2.38. The predicted octanol–water partition coefficient (Wildman–Crippen LogP) is 19.5. The molecule has 115 heavy (non-hydrogen) atoms. The van der Waals surface area contributed by atoms with E-state index in [9.17, 15) is 47.9 Å². The quantitative estimate of drug-likeness (QED) is 0.0360. The molecule has 5 heterocycles. The van der Waals surface area contributed by atoms with E-state index in [4.69, 9.17) is 0 Å². The average Bonchev–Trinajstić information content (AvgIpc) is 1.75. The Hall–Kier alpha value is -5.30. The molecule has 0 spiro atoms. The third kappa shape index (κ3) is 55.2. The summed E-state index contributed by atoms with van der Waals surface area (Å²) in [5, 5.41) is 14.9. The van der Waals surface area contributed by atoms with Crippen LogP contribution in [0.3, 0.4) is 0 Å². The van der Waals surface area contributed by atoms with Crippen LogP contribution in [-0.2, 0) is 47.9 Å². The molecule has 0 bridgehead atoms. The van der Waals surface area contributed by atoms with E-state index in [1.165, 1.54) is 193 Å². The molecule has 5 aliphatic heterocycles. The van der Waals surface area contributed by atoms with Crippen molar-refractivity contribution in [1.82, 2.24) is 51.1 Å². The van der Waals surface area contributed by atoms with Crippen molar-refractivity contribution >= 4 is 59.1 Å². The van der Waals surface area contributed by atoms with Crippen molar-refractivity contribution in [3.8, 4) is 0 Å². The van der Waals surface area contributed by atoms with E-state index >= 15 is 0 Å². The lowest BCUT2D eigenvalue weighted by atomic mass is 10.1. The van der Waals surface area contributed by atoms with Crippen molar-refractivity contribution in [1.29, 1.82) is 0 Å². The first kappa shape index (κ1) is 108. The van der Waals surface area contributed by atoms with Gasteiger partial charge in [-0.25, -0.2) is 0 Å². The van der Waals surface area contributed by atoms with Crippen LogP contribution >= 0.6 is 0 Å². The number of carbonyl (C=O) groups excluding carboxylic acids is 10. The van der Waals surface area contributed by atoms with Crippen molar-refractivity contribution in [2.24, 2.45) is 29.6 Å². The van der Waals surface area contributed by atoms with Crippen LogP contribution in [0.4, 0.5) is 0 Å². The molecular weight excluding hydrogens is 1440 g/mol. The number of hydrogen-bond donors (Lipinski definition) is 5. The zero-order valence-electron chi connectivity index (χ0n) is 76.2. The molecule has 0 aromatic heterocycles. The van der Waals surface area contributed by atoms with E-state index in [2.05, 4.69) is 95.8 Å². The third-order valence-electron chi connectivity index (χ3n) is 23.5. The summed E-state index contributed by atoms with van der Waals surface area (Å²) in [6, 6.07) is 0. The van der Waals surface area contributed by atoms with Crippen LogP contribution in [0, 0.1) is 29.6 Å². The summed E-state index contributed by atoms with van der Waals surface area (Å²) in [6.07, 6.45) is 62.7. The largest absolute Gasteiger partial charge is 0.356 e. The second-order valence-electron chi connectivity index (χ2n) is 34.3. The molecule has 0 saturated carbocycles. The Bertz CT molecular complexity index is 2490. The van der Waals surface area contributed by atoms with E-state index in [0.29, 0.717) is 64.8 Å². The molecule has 0 aromatic carbocycles. The van der Waals surface area contributed by atoms with Crippen molar-refractivity contribution in [2.45, 2.75) is 422 Å². The molecule has 5 aliphatic rings. The zero-order chi connectivity index (χ0) is 84.6. The summed E-state index contributed by atoms with van der Waals surface area (Å²) in [7, 11) is 0. The smallest absolute Gasteiger partial charge is 0.225 e. The summed E-state index contributed by atoms with van der Waals surface area (Å²) >= 11 is 0. The van der Waals surface area contributed by atoms with E-state index < -0.39 is 0 Å². The first-order chi connectivity index (χ1) is 55.9. The first-order valence-electron chi connectivity index (χ1n) is 48.7. The second kappa shape index (κ2) is 75.0. The highest BCUT2D eigenvalue weighted by molar-refractivity contribution is 5.92. The monoisotopic (exact) mass is 1620 g/mol. The molecule has 5 fully saturated rings. The van der Waals surface area contributed by atoms with Crippen molar-refractivity contribution in [3.63, 3.8) is 0 Å². The topological polar surface area (TPSA) is 247 Å². The standard InChI is InChI=1S/C21H40N2O2.C20H38N2O2.C19H36N2O2.C18H34N2O2.C17H32N2O2/c1-3-5-7-8-9-10-11-12-14-16-23-18-19(17-20(23)24)21(25)22-15-13-6-4-2;1-3-5-7-8-9-10-11-13-15-22-17-18(16-19(22)23)20(24)21-14-12-6-4-2;1-3-5-7-8-9-10-12-14-21-16-17(15-18(21)22)19(23)20-13-11-6-4-2;1-3-5-7-8-9-11-13-20-15-16(14-17(20)21)18(22)19-12-10-6-4-2;1-3-5-7-8-10-12-19-14-15(13-16(19)20)17(21)18-11-9-6-4-2/h19H,3-18H2,1-2H3,(H,22,25);18H,3-17H2,1-2H3,(H,21,24);17H,3-16H2,1-2H3,(H,20,23);16H,3-15H2,1-2H3,(H,19,22);15H,3-14H2,1-2H3,(H,18,21). The lowest BCUT2D eigenvalue weighted by Gasteiger charge is -2.16. The van der Waals surface area contributed by atoms with Crippen LogP contribution in [0.1, 0.15) is 422 Å². The van der Waals surface area contributed by atoms with Gasteiger partial charge >= 0.3 is 0 Å². The van der Waals surface area contributed by atoms with Gasteiger partial charge in [0.1, 0.15) is 0 Å². The zero-order valence-corrected chi connectivity index (χ0v) is 76.2. The Balaban J connectivity index is 0.000000720. The van der Waals surface area contributed by atoms with Gasteiger partial charge in [-0.2, -0.15) is 0 Å². The number of unbranched alkanes of at least 4 members (excludes halogenated alkanes) is 40. The lowest BCUT2D eigenvalue weighted by molar-refractivity contribution is -0.129. The van der Waals surface area contributed by atoms with Gasteiger partial charge in [0.2, 0.25) is 59.1 Å². The second-order valence-corrected chi connectivity index (χ2v) is 34.3. The van der Waals surface area contributed by atoms with Crippen molar-refractivity contribution in [2.75, 3.05) is 98.2 Å². The number of amides is 10. The van der Waals surface area contributed by atoms with Gasteiger partial charge in [-0.15, -0.1) is 0 Å². The van der Waals surface area contributed by atoms with Crippen LogP contribution in [0.25, 0.3) is 0 Å². The number of carbonyl (C=O) groups is 10.